The average Bonchev–Trinajstić information content (AvgIpc) is 3.28. The minimum Gasteiger partial charge on any atom is -0.334 e. The van der Waals surface area contributed by atoms with Crippen LogP contribution in [0.5, 0.6) is 0 Å². The first-order valence-electron chi connectivity index (χ1n) is 6.67. The molecule has 0 fully saturated rings. The summed E-state index contributed by atoms with van der Waals surface area (Å²) in [4.78, 5) is 4.44. The van der Waals surface area contributed by atoms with Crippen LogP contribution >= 0.6 is 11.5 Å². The van der Waals surface area contributed by atoms with E-state index in [-0.39, 0.29) is 0 Å². The minimum absolute atomic E-state index is 0.517. The van der Waals surface area contributed by atoms with Crippen LogP contribution in [0.4, 0.5) is 0 Å². The summed E-state index contributed by atoms with van der Waals surface area (Å²) in [5, 5.41) is 10.0. The quantitative estimate of drug-likeness (QED) is 0.574. The molecule has 5 nitrogen and oxygen atoms in total. The molecule has 0 aliphatic carbocycles. The van der Waals surface area contributed by atoms with Crippen LogP contribution in [0.2, 0.25) is 0 Å². The van der Waals surface area contributed by atoms with Crippen molar-refractivity contribution in [1.82, 2.24) is 19.7 Å². The van der Waals surface area contributed by atoms with Gasteiger partial charge >= 0.3 is 0 Å². The Bertz CT molecular complexity index is 870. The van der Waals surface area contributed by atoms with Crippen LogP contribution in [-0.4, -0.2) is 19.7 Å². The van der Waals surface area contributed by atoms with Crippen LogP contribution in [-0.2, 0) is 0 Å². The fourth-order valence-electron chi connectivity index (χ4n) is 2.12. The SMILES string of the molecule is c1ccc(-c2nc(-c3ccc(-c4csnn4)cc3)no2)cc1. The molecule has 0 saturated heterocycles. The molecule has 4 rings (SSSR count). The Morgan fingerprint density at radius 1 is 0.818 bits per heavy atom. The highest BCUT2D eigenvalue weighted by Gasteiger charge is 2.10. The summed E-state index contributed by atoms with van der Waals surface area (Å²) in [6, 6.07) is 17.6. The van der Waals surface area contributed by atoms with Gasteiger partial charge in [-0.1, -0.05) is 52.1 Å². The van der Waals surface area contributed by atoms with E-state index in [0.717, 1.165) is 22.4 Å². The summed E-state index contributed by atoms with van der Waals surface area (Å²) in [7, 11) is 0. The second kappa shape index (κ2) is 5.50. The molecule has 2 aromatic carbocycles. The Labute approximate surface area is 130 Å². The fraction of sp³-hybridized carbons (Fsp3) is 0. The van der Waals surface area contributed by atoms with Gasteiger partial charge in [0.1, 0.15) is 5.69 Å². The molecule has 0 atom stereocenters. The highest BCUT2D eigenvalue weighted by Crippen LogP contribution is 2.24. The van der Waals surface area contributed by atoms with Gasteiger partial charge in [-0.15, -0.1) is 5.10 Å². The highest BCUT2D eigenvalue weighted by atomic mass is 32.1. The first-order chi connectivity index (χ1) is 10.9. The lowest BCUT2D eigenvalue weighted by Gasteiger charge is -1.97. The van der Waals surface area contributed by atoms with Crippen molar-refractivity contribution >= 4 is 11.5 Å². The molecule has 2 heterocycles. The molecule has 0 bridgehead atoms. The number of hydrogen-bond donors (Lipinski definition) is 0. The third-order valence-corrected chi connectivity index (χ3v) is 3.75. The molecule has 0 unspecified atom stereocenters. The lowest BCUT2D eigenvalue weighted by atomic mass is 10.1. The van der Waals surface area contributed by atoms with Crippen molar-refractivity contribution in [1.29, 1.82) is 0 Å². The van der Waals surface area contributed by atoms with Crippen molar-refractivity contribution in [2.75, 3.05) is 0 Å². The van der Waals surface area contributed by atoms with Crippen molar-refractivity contribution in [3.8, 4) is 34.1 Å². The number of benzene rings is 2. The topological polar surface area (TPSA) is 64.7 Å². The highest BCUT2D eigenvalue weighted by molar-refractivity contribution is 7.03. The maximum atomic E-state index is 5.33. The summed E-state index contributed by atoms with van der Waals surface area (Å²) in [5.41, 5.74) is 3.70. The van der Waals surface area contributed by atoms with E-state index in [1.807, 2.05) is 60.0 Å². The molecule has 22 heavy (non-hydrogen) atoms. The molecule has 0 N–H and O–H groups in total. The Kier molecular flexibility index (Phi) is 3.21. The van der Waals surface area contributed by atoms with Gasteiger partial charge in [-0.05, 0) is 23.7 Å². The monoisotopic (exact) mass is 306 g/mol. The van der Waals surface area contributed by atoms with E-state index in [2.05, 4.69) is 19.7 Å². The molecule has 0 aliphatic heterocycles. The first-order valence-corrected chi connectivity index (χ1v) is 7.51. The van der Waals surface area contributed by atoms with Crippen LogP contribution < -0.4 is 0 Å². The predicted molar refractivity (Wildman–Crippen MR) is 84.1 cm³/mol. The third-order valence-electron chi connectivity index (χ3n) is 3.25. The maximum absolute atomic E-state index is 5.33. The van der Waals surface area contributed by atoms with E-state index in [9.17, 15) is 0 Å². The Morgan fingerprint density at radius 3 is 2.32 bits per heavy atom. The van der Waals surface area contributed by atoms with Crippen LogP contribution in [0.15, 0.2) is 64.5 Å². The Balaban J connectivity index is 1.64. The normalized spacial score (nSPS) is 10.7. The van der Waals surface area contributed by atoms with E-state index in [4.69, 9.17) is 4.52 Å². The van der Waals surface area contributed by atoms with Crippen molar-refractivity contribution in [3.63, 3.8) is 0 Å². The lowest BCUT2D eigenvalue weighted by molar-refractivity contribution is 0.432. The Morgan fingerprint density at radius 2 is 1.59 bits per heavy atom. The molecule has 0 aliphatic rings. The standard InChI is InChI=1S/C16H10N4OS/c1-2-4-13(5-3-1)16-17-15(19-21-16)12-8-6-11(7-9-12)14-10-22-20-18-14/h1-10H. The summed E-state index contributed by atoms with van der Waals surface area (Å²) in [5.74, 6) is 1.09. The summed E-state index contributed by atoms with van der Waals surface area (Å²) >= 11 is 1.34. The molecule has 106 valence electrons. The molecule has 0 amide bonds. The largest absolute Gasteiger partial charge is 0.334 e. The average molecular weight is 306 g/mol. The molecule has 0 spiro atoms. The molecule has 2 aromatic heterocycles. The third kappa shape index (κ3) is 2.40. The van der Waals surface area contributed by atoms with Gasteiger partial charge in [-0.2, -0.15) is 4.98 Å². The van der Waals surface area contributed by atoms with E-state index in [1.54, 1.807) is 0 Å². The van der Waals surface area contributed by atoms with Crippen LogP contribution in [0.1, 0.15) is 0 Å². The summed E-state index contributed by atoms with van der Waals surface area (Å²) < 4.78 is 9.19. The minimum atomic E-state index is 0.517. The van der Waals surface area contributed by atoms with E-state index in [0.29, 0.717) is 11.7 Å². The van der Waals surface area contributed by atoms with E-state index in [1.165, 1.54) is 11.5 Å². The van der Waals surface area contributed by atoms with Crippen LogP contribution in [0.25, 0.3) is 34.1 Å². The van der Waals surface area contributed by atoms with Gasteiger partial charge in [0.05, 0.1) is 0 Å². The predicted octanol–water partition coefficient (Wildman–Crippen LogP) is 3.92. The molecule has 0 saturated carbocycles. The zero-order valence-electron chi connectivity index (χ0n) is 11.4. The van der Waals surface area contributed by atoms with Gasteiger partial charge in [-0.25, -0.2) is 0 Å². The van der Waals surface area contributed by atoms with Crippen LogP contribution in [0, 0.1) is 0 Å². The molecular formula is C16H10N4OS. The molecule has 4 aromatic rings. The fourth-order valence-corrected chi connectivity index (χ4v) is 2.58. The van der Waals surface area contributed by atoms with E-state index >= 15 is 0 Å². The van der Waals surface area contributed by atoms with E-state index < -0.39 is 0 Å². The number of hydrogen-bond acceptors (Lipinski definition) is 6. The van der Waals surface area contributed by atoms with Crippen molar-refractivity contribution < 1.29 is 4.52 Å². The molecule has 0 radical (unpaired) electrons. The smallest absolute Gasteiger partial charge is 0.258 e. The van der Waals surface area contributed by atoms with Gasteiger partial charge in [0.25, 0.3) is 5.89 Å². The number of rotatable bonds is 3. The maximum Gasteiger partial charge on any atom is 0.258 e. The second-order valence-corrected chi connectivity index (χ2v) is 5.27. The zero-order valence-corrected chi connectivity index (χ0v) is 12.2. The number of aromatic nitrogens is 4. The van der Waals surface area contributed by atoms with Gasteiger partial charge < -0.3 is 4.52 Å². The van der Waals surface area contributed by atoms with Gasteiger partial charge in [0, 0.05) is 22.1 Å². The van der Waals surface area contributed by atoms with Gasteiger partial charge in [-0.3, -0.25) is 0 Å². The van der Waals surface area contributed by atoms with Gasteiger partial charge in [0.15, 0.2) is 0 Å². The molecule has 6 heteroatoms. The molecular weight excluding hydrogens is 296 g/mol. The Hall–Kier alpha value is -2.86. The lowest BCUT2D eigenvalue weighted by Crippen LogP contribution is -1.83. The van der Waals surface area contributed by atoms with Gasteiger partial charge in [0.2, 0.25) is 5.82 Å². The summed E-state index contributed by atoms with van der Waals surface area (Å²) in [6.07, 6.45) is 0. The first kappa shape index (κ1) is 12.8. The number of nitrogens with zero attached hydrogens (tertiary/aromatic N) is 4. The van der Waals surface area contributed by atoms with Crippen molar-refractivity contribution in [2.24, 2.45) is 0 Å². The second-order valence-electron chi connectivity index (χ2n) is 4.66. The van der Waals surface area contributed by atoms with Crippen molar-refractivity contribution in [3.05, 3.63) is 60.0 Å². The summed E-state index contributed by atoms with van der Waals surface area (Å²) in [6.45, 7) is 0. The van der Waals surface area contributed by atoms with Crippen LogP contribution in [0.3, 0.4) is 0 Å². The van der Waals surface area contributed by atoms with Crippen molar-refractivity contribution in [2.45, 2.75) is 0 Å². The zero-order chi connectivity index (χ0) is 14.8.